The van der Waals surface area contributed by atoms with E-state index in [1.165, 1.54) is 23.9 Å². The van der Waals surface area contributed by atoms with Crippen LogP contribution >= 0.6 is 23.1 Å². The number of thiazole rings is 1. The predicted molar refractivity (Wildman–Crippen MR) is 127 cm³/mol. The number of fused-ring (bicyclic) bond motifs is 1. The molecule has 1 amide bonds. The molecule has 156 valence electrons. The molecule has 1 aromatic heterocycles. The fourth-order valence-electron chi connectivity index (χ4n) is 2.97. The lowest BCUT2D eigenvalue weighted by Crippen LogP contribution is -2.28. The Kier molecular flexibility index (Phi) is 6.74. The summed E-state index contributed by atoms with van der Waals surface area (Å²) in [6.45, 7) is 1.98. The Morgan fingerprint density at radius 2 is 1.94 bits per heavy atom. The van der Waals surface area contributed by atoms with Gasteiger partial charge in [-0.05, 0) is 48.4 Å². The zero-order valence-electron chi connectivity index (χ0n) is 16.8. The van der Waals surface area contributed by atoms with E-state index in [4.69, 9.17) is 0 Å². The molecule has 0 spiro atoms. The molecule has 0 saturated carbocycles. The Labute approximate surface area is 188 Å². The van der Waals surface area contributed by atoms with Gasteiger partial charge in [0.1, 0.15) is 5.82 Å². The Hall–Kier alpha value is -3.03. The molecule has 0 aliphatic rings. The fraction of sp³-hybridized carbons (Fsp3) is 0.125. The Morgan fingerprint density at radius 1 is 1.16 bits per heavy atom. The first-order chi connectivity index (χ1) is 15.1. The van der Waals surface area contributed by atoms with Crippen molar-refractivity contribution in [1.29, 1.82) is 0 Å². The van der Waals surface area contributed by atoms with Gasteiger partial charge >= 0.3 is 0 Å². The van der Waals surface area contributed by atoms with Crippen LogP contribution in [0.2, 0.25) is 0 Å². The van der Waals surface area contributed by atoms with Gasteiger partial charge in [-0.3, -0.25) is 9.79 Å². The Balaban J connectivity index is 1.36. The molecule has 0 aliphatic carbocycles. The number of nitrogens with one attached hydrogen (secondary N) is 1. The summed E-state index contributed by atoms with van der Waals surface area (Å²) in [6, 6.07) is 21.8. The number of hydrogen-bond donors (Lipinski definition) is 1. The van der Waals surface area contributed by atoms with Gasteiger partial charge in [0.15, 0.2) is 4.34 Å². The normalized spacial score (nSPS) is 12.3. The first-order valence-corrected chi connectivity index (χ1v) is 11.5. The van der Waals surface area contributed by atoms with Crippen molar-refractivity contribution in [2.75, 3.05) is 5.75 Å². The van der Waals surface area contributed by atoms with Gasteiger partial charge < -0.3 is 5.32 Å². The molecule has 3 aromatic carbocycles. The number of carbonyl (C=O) groups excluding carboxylic acids is 1. The van der Waals surface area contributed by atoms with Gasteiger partial charge in [0.05, 0.1) is 27.7 Å². The summed E-state index contributed by atoms with van der Waals surface area (Å²) in [7, 11) is 0. The highest BCUT2D eigenvalue weighted by molar-refractivity contribution is 8.01. The van der Waals surface area contributed by atoms with Crippen molar-refractivity contribution in [2.45, 2.75) is 17.3 Å². The van der Waals surface area contributed by atoms with Gasteiger partial charge in [0, 0.05) is 6.21 Å². The second-order valence-corrected chi connectivity index (χ2v) is 9.18. The number of thioether (sulfide) groups is 1. The number of halogens is 1. The molecule has 4 nitrogen and oxygen atoms in total. The Bertz CT molecular complexity index is 1210. The SMILES string of the molecule is C[C@@H](NC(=O)CSc1nc2ccc(N=Cc3ccc(F)cc3)cc2s1)c1ccccc1. The van der Waals surface area contributed by atoms with Crippen molar-refractivity contribution in [3.63, 3.8) is 0 Å². The summed E-state index contributed by atoms with van der Waals surface area (Å²) in [4.78, 5) is 21.4. The van der Waals surface area contributed by atoms with Crippen molar-refractivity contribution in [3.05, 3.63) is 89.7 Å². The predicted octanol–water partition coefficient (Wildman–Crippen LogP) is 6.16. The van der Waals surface area contributed by atoms with E-state index >= 15 is 0 Å². The molecular weight excluding hydrogens is 429 g/mol. The monoisotopic (exact) mass is 449 g/mol. The zero-order valence-corrected chi connectivity index (χ0v) is 18.4. The van der Waals surface area contributed by atoms with E-state index in [2.05, 4.69) is 15.3 Å². The van der Waals surface area contributed by atoms with E-state index in [0.29, 0.717) is 5.75 Å². The molecule has 1 N–H and O–H groups in total. The maximum absolute atomic E-state index is 13.0. The minimum atomic E-state index is -0.267. The molecule has 7 heteroatoms. The van der Waals surface area contributed by atoms with Crippen molar-refractivity contribution in [3.8, 4) is 0 Å². The van der Waals surface area contributed by atoms with E-state index in [0.717, 1.165) is 31.4 Å². The summed E-state index contributed by atoms with van der Waals surface area (Å²) >= 11 is 2.97. The summed E-state index contributed by atoms with van der Waals surface area (Å²) < 4.78 is 14.9. The van der Waals surface area contributed by atoms with Crippen molar-refractivity contribution >= 4 is 51.1 Å². The number of aromatic nitrogens is 1. The van der Waals surface area contributed by atoms with Crippen LogP contribution in [0.3, 0.4) is 0 Å². The van der Waals surface area contributed by atoms with E-state index < -0.39 is 0 Å². The number of carbonyl (C=O) groups is 1. The number of benzene rings is 3. The molecule has 1 atom stereocenters. The first kappa shape index (κ1) is 21.2. The van der Waals surface area contributed by atoms with E-state index in [-0.39, 0.29) is 17.8 Å². The summed E-state index contributed by atoms with van der Waals surface area (Å²) in [5.74, 6) is 0.0219. The standard InChI is InChI=1S/C24H20FN3OS2/c1-16(18-5-3-2-4-6-18)27-23(29)15-30-24-28-21-12-11-20(13-22(21)31-24)26-14-17-7-9-19(25)10-8-17/h2-14,16H,15H2,1H3,(H,27,29)/t16-/m1/s1. The molecule has 0 fully saturated rings. The minimum Gasteiger partial charge on any atom is -0.349 e. The van der Waals surface area contributed by atoms with Crippen LogP contribution in [0.1, 0.15) is 24.1 Å². The summed E-state index contributed by atoms with van der Waals surface area (Å²) in [5, 5.41) is 3.02. The maximum Gasteiger partial charge on any atom is 0.230 e. The largest absolute Gasteiger partial charge is 0.349 e. The first-order valence-electron chi connectivity index (χ1n) is 9.74. The second kappa shape index (κ2) is 9.85. The van der Waals surface area contributed by atoms with E-state index in [1.807, 2.05) is 55.5 Å². The second-order valence-electron chi connectivity index (χ2n) is 6.93. The topological polar surface area (TPSA) is 54.4 Å². The van der Waals surface area contributed by atoms with E-state index in [1.54, 1.807) is 29.7 Å². The van der Waals surface area contributed by atoms with Crippen LogP contribution in [0.25, 0.3) is 10.2 Å². The number of hydrogen-bond acceptors (Lipinski definition) is 5. The Morgan fingerprint density at radius 3 is 2.71 bits per heavy atom. The highest BCUT2D eigenvalue weighted by Crippen LogP contribution is 2.32. The van der Waals surface area contributed by atoms with Crippen LogP contribution in [0.4, 0.5) is 10.1 Å². The molecule has 4 rings (SSSR count). The van der Waals surface area contributed by atoms with Crippen LogP contribution in [0.5, 0.6) is 0 Å². The third-order valence-corrected chi connectivity index (χ3v) is 6.75. The lowest BCUT2D eigenvalue weighted by molar-refractivity contribution is -0.119. The highest BCUT2D eigenvalue weighted by atomic mass is 32.2. The average Bonchev–Trinajstić information content (AvgIpc) is 3.20. The number of aliphatic imine (C=N–C) groups is 1. The highest BCUT2D eigenvalue weighted by Gasteiger charge is 2.11. The van der Waals surface area contributed by atoms with Gasteiger partial charge in [0.2, 0.25) is 5.91 Å². The molecular formula is C24H20FN3OS2. The van der Waals surface area contributed by atoms with Crippen LogP contribution in [0.15, 0.2) is 82.1 Å². The maximum atomic E-state index is 13.0. The molecule has 0 unspecified atom stereocenters. The van der Waals surface area contributed by atoms with Crippen molar-refractivity contribution in [2.24, 2.45) is 4.99 Å². The molecule has 0 aliphatic heterocycles. The molecule has 0 saturated heterocycles. The molecule has 4 aromatic rings. The fourth-order valence-corrected chi connectivity index (χ4v) is 4.88. The number of amides is 1. The molecule has 1 heterocycles. The summed E-state index contributed by atoms with van der Waals surface area (Å²) in [6.07, 6.45) is 1.70. The van der Waals surface area contributed by atoms with Crippen molar-refractivity contribution in [1.82, 2.24) is 10.3 Å². The van der Waals surface area contributed by atoms with Gasteiger partial charge in [-0.25, -0.2) is 9.37 Å². The van der Waals surface area contributed by atoms with Crippen molar-refractivity contribution < 1.29 is 9.18 Å². The zero-order chi connectivity index (χ0) is 21.6. The molecule has 0 bridgehead atoms. The lowest BCUT2D eigenvalue weighted by atomic mass is 10.1. The van der Waals surface area contributed by atoms with Gasteiger partial charge in [-0.1, -0.05) is 54.2 Å². The van der Waals surface area contributed by atoms with Crippen LogP contribution in [-0.2, 0) is 4.79 Å². The van der Waals surface area contributed by atoms with Gasteiger partial charge in [-0.15, -0.1) is 11.3 Å². The minimum absolute atomic E-state index is 0.0230. The summed E-state index contributed by atoms with van der Waals surface area (Å²) in [5.41, 5.74) is 3.59. The van der Waals surface area contributed by atoms with E-state index in [9.17, 15) is 9.18 Å². The average molecular weight is 450 g/mol. The lowest BCUT2D eigenvalue weighted by Gasteiger charge is -2.13. The smallest absolute Gasteiger partial charge is 0.230 e. The third kappa shape index (κ3) is 5.77. The number of nitrogens with zero attached hydrogens (tertiary/aromatic N) is 2. The molecule has 31 heavy (non-hydrogen) atoms. The number of rotatable bonds is 7. The third-order valence-electron chi connectivity index (χ3n) is 4.59. The van der Waals surface area contributed by atoms with Crippen LogP contribution in [-0.4, -0.2) is 22.9 Å². The van der Waals surface area contributed by atoms with Gasteiger partial charge in [0.25, 0.3) is 0 Å². The van der Waals surface area contributed by atoms with Crippen LogP contribution < -0.4 is 5.32 Å². The quantitative estimate of drug-likeness (QED) is 0.272. The molecule has 0 radical (unpaired) electrons. The van der Waals surface area contributed by atoms with Crippen LogP contribution in [0, 0.1) is 5.82 Å². The van der Waals surface area contributed by atoms with Gasteiger partial charge in [-0.2, -0.15) is 0 Å².